The minimum Gasteiger partial charge on any atom is -0.463 e. The summed E-state index contributed by atoms with van der Waals surface area (Å²) in [5.41, 5.74) is 3.82. The summed E-state index contributed by atoms with van der Waals surface area (Å²) in [5, 5.41) is 5.95. The number of piperazine rings is 1. The van der Waals surface area contributed by atoms with Gasteiger partial charge in [-0.1, -0.05) is 56.3 Å². The van der Waals surface area contributed by atoms with Crippen molar-refractivity contribution in [3.05, 3.63) is 77.0 Å². The van der Waals surface area contributed by atoms with Gasteiger partial charge in [0.2, 0.25) is 0 Å². The molecule has 2 heterocycles. The number of carbonyl (C=O) groups excluding carboxylic acids is 3. The summed E-state index contributed by atoms with van der Waals surface area (Å²) in [6.07, 6.45) is 0. The van der Waals surface area contributed by atoms with Crippen LogP contribution in [0.3, 0.4) is 0 Å². The van der Waals surface area contributed by atoms with Gasteiger partial charge in [0.25, 0.3) is 0 Å². The Morgan fingerprint density at radius 3 is 2.38 bits per heavy atom. The maximum Gasteiger partial charge on any atom is 0.338 e. The number of hydrogen-bond donors (Lipinski definition) is 2. The van der Waals surface area contributed by atoms with Crippen LogP contribution in [0.1, 0.15) is 50.8 Å². The first-order chi connectivity index (χ1) is 18.7. The lowest BCUT2D eigenvalue weighted by Crippen LogP contribution is -2.56. The molecule has 9 heteroatoms. The summed E-state index contributed by atoms with van der Waals surface area (Å²) < 4.78 is 5.47. The van der Waals surface area contributed by atoms with Crippen molar-refractivity contribution >= 4 is 23.7 Å². The van der Waals surface area contributed by atoms with Crippen molar-refractivity contribution < 1.29 is 19.1 Å². The van der Waals surface area contributed by atoms with Crippen LogP contribution in [0.2, 0.25) is 0 Å². The number of esters is 1. The van der Waals surface area contributed by atoms with Gasteiger partial charge in [-0.3, -0.25) is 9.80 Å². The van der Waals surface area contributed by atoms with E-state index < -0.39 is 12.0 Å². The van der Waals surface area contributed by atoms with Crippen molar-refractivity contribution in [3.8, 4) is 0 Å². The van der Waals surface area contributed by atoms with Crippen molar-refractivity contribution in [3.63, 3.8) is 0 Å². The fourth-order valence-electron chi connectivity index (χ4n) is 5.13. The summed E-state index contributed by atoms with van der Waals surface area (Å²) >= 11 is 0. The number of carbonyl (C=O) groups is 3. The molecule has 208 valence electrons. The Balaban J connectivity index is 1.56. The largest absolute Gasteiger partial charge is 0.463 e. The molecule has 4 amide bonds. The third-order valence-corrected chi connectivity index (χ3v) is 7.38. The molecule has 0 unspecified atom stereocenters. The van der Waals surface area contributed by atoms with Crippen LogP contribution < -0.4 is 10.6 Å². The number of ether oxygens (including phenoxy) is 1. The van der Waals surface area contributed by atoms with E-state index in [0.717, 1.165) is 11.3 Å². The molecule has 0 spiro atoms. The molecule has 2 atom stereocenters. The third-order valence-electron chi connectivity index (χ3n) is 7.38. The fourth-order valence-corrected chi connectivity index (χ4v) is 5.13. The lowest BCUT2D eigenvalue weighted by atomic mass is 9.92. The second kappa shape index (κ2) is 12.3. The Labute approximate surface area is 230 Å². The van der Waals surface area contributed by atoms with Crippen molar-refractivity contribution in [2.24, 2.45) is 0 Å². The average molecular weight is 534 g/mol. The van der Waals surface area contributed by atoms with Crippen LogP contribution in [-0.2, 0) is 9.53 Å². The summed E-state index contributed by atoms with van der Waals surface area (Å²) in [6.45, 7) is 10.4. The summed E-state index contributed by atoms with van der Waals surface area (Å²) in [5.74, 6) is -0.0663. The van der Waals surface area contributed by atoms with Crippen LogP contribution in [0.15, 0.2) is 65.9 Å². The Hall–Kier alpha value is -3.85. The standard InChI is InChI=1S/C30H39N5O4/c1-6-39-28(36)26-25(33(5)29(37)32-27(26)23-14-12-22(13-15-23)20(2)3)19-34-16-17-35(21(4)18-34)30(38)31-24-10-8-7-9-11-24/h7-15,20-21,27H,6,16-19H2,1-5H3,(H,31,38)(H,32,37)/t21-,27+/m1/s1. The number of nitrogens with zero attached hydrogens (tertiary/aromatic N) is 3. The predicted molar refractivity (Wildman–Crippen MR) is 151 cm³/mol. The minimum absolute atomic E-state index is 0.0591. The van der Waals surface area contributed by atoms with Crippen LogP contribution in [0.4, 0.5) is 15.3 Å². The van der Waals surface area contributed by atoms with Gasteiger partial charge in [0, 0.05) is 50.7 Å². The van der Waals surface area contributed by atoms with Crippen molar-refractivity contribution in [2.45, 2.75) is 45.7 Å². The van der Waals surface area contributed by atoms with E-state index in [1.54, 1.807) is 14.0 Å². The molecule has 4 rings (SSSR count). The molecule has 2 aromatic carbocycles. The van der Waals surface area contributed by atoms with Crippen LogP contribution in [0.25, 0.3) is 0 Å². The maximum absolute atomic E-state index is 13.3. The molecule has 0 saturated carbocycles. The minimum atomic E-state index is -0.612. The predicted octanol–water partition coefficient (Wildman–Crippen LogP) is 4.56. The van der Waals surface area contributed by atoms with E-state index >= 15 is 0 Å². The number of nitrogens with one attached hydrogen (secondary N) is 2. The van der Waals surface area contributed by atoms with E-state index in [9.17, 15) is 14.4 Å². The van der Waals surface area contributed by atoms with Crippen LogP contribution in [0, 0.1) is 0 Å². The first-order valence-electron chi connectivity index (χ1n) is 13.6. The first kappa shape index (κ1) is 28.2. The normalized spacial score (nSPS) is 20.2. The number of benzene rings is 2. The van der Waals surface area contributed by atoms with E-state index in [0.29, 0.717) is 43.4 Å². The molecule has 0 bridgehead atoms. The highest BCUT2D eigenvalue weighted by molar-refractivity contribution is 5.95. The quantitative estimate of drug-likeness (QED) is 0.509. The van der Waals surface area contributed by atoms with Gasteiger partial charge in [-0.2, -0.15) is 0 Å². The van der Waals surface area contributed by atoms with Gasteiger partial charge in [-0.05, 0) is 43.0 Å². The molecule has 0 radical (unpaired) electrons. The van der Waals surface area contributed by atoms with Gasteiger partial charge < -0.3 is 20.3 Å². The van der Waals surface area contributed by atoms with Gasteiger partial charge >= 0.3 is 18.0 Å². The van der Waals surface area contributed by atoms with E-state index in [-0.39, 0.29) is 24.7 Å². The molecule has 0 aromatic heterocycles. The second-order valence-corrected chi connectivity index (χ2v) is 10.4. The van der Waals surface area contributed by atoms with Crippen LogP contribution >= 0.6 is 0 Å². The summed E-state index contributed by atoms with van der Waals surface area (Å²) in [4.78, 5) is 44.8. The second-order valence-electron chi connectivity index (χ2n) is 10.4. The van der Waals surface area contributed by atoms with Crippen molar-refractivity contribution in [2.75, 3.05) is 45.2 Å². The third kappa shape index (κ3) is 6.42. The van der Waals surface area contributed by atoms with E-state index in [1.807, 2.05) is 66.4 Å². The molecular formula is C30H39N5O4. The smallest absolute Gasteiger partial charge is 0.338 e. The molecule has 1 saturated heterocycles. The highest BCUT2D eigenvalue weighted by Gasteiger charge is 2.38. The lowest BCUT2D eigenvalue weighted by molar-refractivity contribution is -0.139. The number of para-hydroxylation sites is 1. The van der Waals surface area contributed by atoms with Gasteiger partial charge in [0.05, 0.1) is 18.2 Å². The molecule has 2 N–H and O–H groups in total. The SMILES string of the molecule is CCOC(=O)C1=C(CN2CCN(C(=O)Nc3ccccc3)[C@H](C)C2)N(C)C(=O)N[C@H]1c1ccc(C(C)C)cc1. The highest BCUT2D eigenvalue weighted by Crippen LogP contribution is 2.32. The molecule has 39 heavy (non-hydrogen) atoms. The zero-order valence-electron chi connectivity index (χ0n) is 23.4. The van der Waals surface area contributed by atoms with Gasteiger partial charge in [-0.25, -0.2) is 14.4 Å². The number of amides is 4. The van der Waals surface area contributed by atoms with E-state index in [4.69, 9.17) is 4.74 Å². The number of likely N-dealkylation sites (N-methyl/N-ethyl adjacent to an activating group) is 1. The molecule has 2 aromatic rings. The van der Waals surface area contributed by atoms with Crippen LogP contribution in [0.5, 0.6) is 0 Å². The topological polar surface area (TPSA) is 94.2 Å². The van der Waals surface area contributed by atoms with Crippen molar-refractivity contribution in [1.29, 1.82) is 0 Å². The number of rotatable bonds is 7. The van der Waals surface area contributed by atoms with Gasteiger partial charge in [0.15, 0.2) is 0 Å². The number of hydrogen-bond acceptors (Lipinski definition) is 5. The monoisotopic (exact) mass is 533 g/mol. The average Bonchev–Trinajstić information content (AvgIpc) is 2.91. The van der Waals surface area contributed by atoms with Crippen molar-refractivity contribution in [1.82, 2.24) is 20.0 Å². The Morgan fingerprint density at radius 1 is 1.08 bits per heavy atom. The van der Waals surface area contributed by atoms with Gasteiger partial charge in [0.1, 0.15) is 0 Å². The Bertz CT molecular complexity index is 1210. The molecule has 9 nitrogen and oxygen atoms in total. The first-order valence-corrected chi connectivity index (χ1v) is 13.6. The number of urea groups is 2. The molecule has 2 aliphatic heterocycles. The van der Waals surface area contributed by atoms with E-state index in [2.05, 4.69) is 29.4 Å². The molecule has 2 aliphatic rings. The summed E-state index contributed by atoms with van der Waals surface area (Å²) in [6, 6.07) is 16.3. The Kier molecular flexibility index (Phi) is 8.91. The summed E-state index contributed by atoms with van der Waals surface area (Å²) in [7, 11) is 1.68. The molecule has 1 fully saturated rings. The van der Waals surface area contributed by atoms with Crippen LogP contribution in [-0.4, -0.2) is 78.6 Å². The lowest BCUT2D eigenvalue weighted by Gasteiger charge is -2.42. The fraction of sp³-hybridized carbons (Fsp3) is 0.433. The van der Waals surface area contributed by atoms with Gasteiger partial charge in [-0.15, -0.1) is 0 Å². The number of anilines is 1. The zero-order valence-corrected chi connectivity index (χ0v) is 23.4. The molecular weight excluding hydrogens is 494 g/mol. The maximum atomic E-state index is 13.3. The van der Waals surface area contributed by atoms with E-state index in [1.165, 1.54) is 10.5 Å². The Morgan fingerprint density at radius 2 is 1.77 bits per heavy atom. The zero-order chi connectivity index (χ0) is 28.1. The highest BCUT2D eigenvalue weighted by atomic mass is 16.5. The molecule has 0 aliphatic carbocycles.